The Hall–Kier alpha value is -0.0800. The van der Waals surface area contributed by atoms with E-state index in [1.807, 2.05) is 0 Å². The quantitative estimate of drug-likeness (QED) is 0.716. The lowest BCUT2D eigenvalue weighted by molar-refractivity contribution is 0.136. The largest absolute Gasteiger partial charge is 0.316 e. The van der Waals surface area contributed by atoms with E-state index in [2.05, 4.69) is 38.0 Å². The topological polar surface area (TPSA) is 15.3 Å². The highest BCUT2D eigenvalue weighted by Crippen LogP contribution is 2.17. The van der Waals surface area contributed by atoms with Crippen LogP contribution < -0.4 is 5.32 Å². The Balaban J connectivity index is 2.39. The van der Waals surface area contributed by atoms with Crippen molar-refractivity contribution >= 4 is 0 Å². The van der Waals surface area contributed by atoms with Crippen molar-refractivity contribution < 1.29 is 0 Å². The van der Waals surface area contributed by atoms with Crippen molar-refractivity contribution in [1.82, 2.24) is 10.2 Å². The Labute approximate surface area is 82.7 Å². The molecule has 0 aliphatic carbocycles. The molecule has 0 saturated carbocycles. The number of nitrogens with zero attached hydrogens (tertiary/aromatic N) is 1. The van der Waals surface area contributed by atoms with E-state index in [1.165, 1.54) is 26.1 Å². The highest BCUT2D eigenvalue weighted by atomic mass is 15.1. The molecule has 1 aliphatic rings. The minimum absolute atomic E-state index is 0.784. The number of hydrogen-bond donors (Lipinski definition) is 1. The summed E-state index contributed by atoms with van der Waals surface area (Å²) in [7, 11) is 2.27. The van der Waals surface area contributed by atoms with E-state index in [9.17, 15) is 0 Å². The third-order valence-electron chi connectivity index (χ3n) is 2.96. The summed E-state index contributed by atoms with van der Waals surface area (Å²) in [5.41, 5.74) is 0. The maximum absolute atomic E-state index is 3.45. The van der Waals surface area contributed by atoms with Crippen LogP contribution in [0.4, 0.5) is 0 Å². The number of piperidine rings is 1. The molecule has 0 bridgehead atoms. The molecule has 0 aromatic rings. The van der Waals surface area contributed by atoms with Crippen molar-refractivity contribution in [2.45, 2.75) is 33.2 Å². The molecule has 1 aliphatic heterocycles. The zero-order valence-electron chi connectivity index (χ0n) is 9.51. The molecular weight excluding hydrogens is 160 g/mol. The Kier molecular flexibility index (Phi) is 4.20. The van der Waals surface area contributed by atoms with Gasteiger partial charge in [-0.15, -0.1) is 0 Å². The zero-order chi connectivity index (χ0) is 9.84. The highest BCUT2D eigenvalue weighted by molar-refractivity contribution is 4.81. The minimum Gasteiger partial charge on any atom is -0.316 e. The molecule has 0 aromatic carbocycles. The first kappa shape index (κ1) is 11.0. The van der Waals surface area contributed by atoms with Gasteiger partial charge in [0.1, 0.15) is 0 Å². The van der Waals surface area contributed by atoms with Crippen LogP contribution in [-0.2, 0) is 0 Å². The monoisotopic (exact) mass is 184 g/mol. The standard InChI is InChI=1S/C11H24N2/c1-9(2)8-13(4)11-5-6-12-7-10(11)3/h9-12H,5-8H2,1-4H3. The van der Waals surface area contributed by atoms with Gasteiger partial charge in [-0.05, 0) is 38.4 Å². The lowest BCUT2D eigenvalue weighted by Crippen LogP contribution is -2.48. The highest BCUT2D eigenvalue weighted by Gasteiger charge is 2.24. The summed E-state index contributed by atoms with van der Waals surface area (Å²) in [4.78, 5) is 2.54. The fraction of sp³-hybridized carbons (Fsp3) is 1.00. The molecule has 0 spiro atoms. The molecule has 1 saturated heterocycles. The molecule has 1 rings (SSSR count). The molecule has 2 unspecified atom stereocenters. The number of nitrogens with one attached hydrogen (secondary N) is 1. The summed E-state index contributed by atoms with van der Waals surface area (Å²) in [6.07, 6.45) is 1.31. The van der Waals surface area contributed by atoms with Crippen LogP contribution in [0.1, 0.15) is 27.2 Å². The van der Waals surface area contributed by atoms with Crippen LogP contribution in [0.15, 0.2) is 0 Å². The lowest BCUT2D eigenvalue weighted by atomic mass is 9.93. The second-order valence-electron chi connectivity index (χ2n) is 4.87. The maximum atomic E-state index is 3.45. The third kappa shape index (κ3) is 3.28. The Morgan fingerprint density at radius 2 is 2.15 bits per heavy atom. The Morgan fingerprint density at radius 3 is 2.69 bits per heavy atom. The summed E-state index contributed by atoms with van der Waals surface area (Å²) in [5, 5.41) is 3.45. The molecule has 13 heavy (non-hydrogen) atoms. The molecule has 1 heterocycles. The first-order chi connectivity index (χ1) is 6.11. The average Bonchev–Trinajstić information content (AvgIpc) is 2.03. The molecule has 0 amide bonds. The molecule has 1 N–H and O–H groups in total. The van der Waals surface area contributed by atoms with Gasteiger partial charge in [-0.1, -0.05) is 20.8 Å². The van der Waals surface area contributed by atoms with E-state index in [1.54, 1.807) is 0 Å². The van der Waals surface area contributed by atoms with Crippen LogP contribution in [0, 0.1) is 11.8 Å². The fourth-order valence-electron chi connectivity index (χ4n) is 2.37. The van der Waals surface area contributed by atoms with Gasteiger partial charge in [0, 0.05) is 12.6 Å². The van der Waals surface area contributed by atoms with Crippen LogP contribution in [0.2, 0.25) is 0 Å². The second-order valence-corrected chi connectivity index (χ2v) is 4.87. The van der Waals surface area contributed by atoms with Gasteiger partial charge < -0.3 is 10.2 Å². The average molecular weight is 184 g/mol. The number of hydrogen-bond acceptors (Lipinski definition) is 2. The van der Waals surface area contributed by atoms with Gasteiger partial charge in [0.15, 0.2) is 0 Å². The van der Waals surface area contributed by atoms with E-state index in [4.69, 9.17) is 0 Å². The molecule has 2 atom stereocenters. The lowest BCUT2D eigenvalue weighted by Gasteiger charge is -2.37. The van der Waals surface area contributed by atoms with Gasteiger partial charge in [0.25, 0.3) is 0 Å². The van der Waals surface area contributed by atoms with Crippen LogP contribution in [-0.4, -0.2) is 37.6 Å². The number of rotatable bonds is 3. The van der Waals surface area contributed by atoms with Gasteiger partial charge >= 0.3 is 0 Å². The van der Waals surface area contributed by atoms with Gasteiger partial charge in [0.05, 0.1) is 0 Å². The Bertz CT molecular complexity index is 145. The molecule has 78 valence electrons. The molecule has 2 heteroatoms. The third-order valence-corrected chi connectivity index (χ3v) is 2.96. The van der Waals surface area contributed by atoms with Gasteiger partial charge in [-0.25, -0.2) is 0 Å². The van der Waals surface area contributed by atoms with Crippen LogP contribution in [0.3, 0.4) is 0 Å². The van der Waals surface area contributed by atoms with Crippen molar-refractivity contribution in [3.05, 3.63) is 0 Å². The first-order valence-electron chi connectivity index (χ1n) is 5.52. The summed E-state index contributed by atoms with van der Waals surface area (Å²) in [5.74, 6) is 1.59. The molecule has 2 nitrogen and oxygen atoms in total. The summed E-state index contributed by atoms with van der Waals surface area (Å²) < 4.78 is 0. The van der Waals surface area contributed by atoms with E-state index < -0.39 is 0 Å². The SMILES string of the molecule is CC(C)CN(C)C1CCNCC1C. The molecule has 0 radical (unpaired) electrons. The van der Waals surface area contributed by atoms with Crippen LogP contribution in [0.25, 0.3) is 0 Å². The molecular formula is C11H24N2. The van der Waals surface area contributed by atoms with Crippen molar-refractivity contribution in [3.8, 4) is 0 Å². The smallest absolute Gasteiger partial charge is 0.0142 e. The summed E-state index contributed by atoms with van der Waals surface area (Å²) in [6.45, 7) is 10.6. The van der Waals surface area contributed by atoms with E-state index in [0.717, 1.165) is 17.9 Å². The van der Waals surface area contributed by atoms with Gasteiger partial charge in [-0.2, -0.15) is 0 Å². The molecule has 1 fully saturated rings. The van der Waals surface area contributed by atoms with Crippen molar-refractivity contribution in [2.24, 2.45) is 11.8 Å². The van der Waals surface area contributed by atoms with E-state index in [0.29, 0.717) is 0 Å². The van der Waals surface area contributed by atoms with Crippen molar-refractivity contribution in [3.63, 3.8) is 0 Å². The minimum atomic E-state index is 0.784. The fourth-order valence-corrected chi connectivity index (χ4v) is 2.37. The summed E-state index contributed by atoms with van der Waals surface area (Å²) >= 11 is 0. The summed E-state index contributed by atoms with van der Waals surface area (Å²) in [6, 6.07) is 0.795. The van der Waals surface area contributed by atoms with E-state index >= 15 is 0 Å². The van der Waals surface area contributed by atoms with Crippen molar-refractivity contribution in [1.29, 1.82) is 0 Å². The van der Waals surface area contributed by atoms with E-state index in [-0.39, 0.29) is 0 Å². The van der Waals surface area contributed by atoms with Gasteiger partial charge in [0.2, 0.25) is 0 Å². The molecule has 0 aromatic heterocycles. The normalized spacial score (nSPS) is 30.0. The second kappa shape index (κ2) is 4.97. The predicted molar refractivity (Wildman–Crippen MR) is 57.9 cm³/mol. The first-order valence-corrected chi connectivity index (χ1v) is 5.52. The predicted octanol–water partition coefficient (Wildman–Crippen LogP) is 1.57. The Morgan fingerprint density at radius 1 is 1.46 bits per heavy atom. The maximum Gasteiger partial charge on any atom is 0.0142 e. The van der Waals surface area contributed by atoms with Crippen LogP contribution in [0.5, 0.6) is 0 Å². The van der Waals surface area contributed by atoms with Crippen LogP contribution >= 0.6 is 0 Å². The van der Waals surface area contributed by atoms with Crippen molar-refractivity contribution in [2.75, 3.05) is 26.7 Å². The van der Waals surface area contributed by atoms with Gasteiger partial charge in [-0.3, -0.25) is 0 Å². The zero-order valence-corrected chi connectivity index (χ0v) is 9.51.